The molecule has 3 heterocycles. The molecule has 0 aliphatic carbocycles. The van der Waals surface area contributed by atoms with E-state index in [1.54, 1.807) is 20.8 Å². The Morgan fingerprint density at radius 3 is 2.93 bits per heavy atom. The van der Waals surface area contributed by atoms with Crippen LogP contribution in [0.3, 0.4) is 0 Å². The maximum atomic E-state index is 13.4. The summed E-state index contributed by atoms with van der Waals surface area (Å²) in [5, 5.41) is 9.14. The molecule has 1 N–H and O–H groups in total. The number of benzene rings is 1. The van der Waals surface area contributed by atoms with Crippen molar-refractivity contribution in [3.05, 3.63) is 46.0 Å². The van der Waals surface area contributed by atoms with Crippen molar-refractivity contribution >= 4 is 29.5 Å². The molecule has 0 fully saturated rings. The summed E-state index contributed by atoms with van der Waals surface area (Å²) in [7, 11) is 0. The number of likely N-dealkylation sites (N-methyl/N-ethyl adjacent to an activating group) is 1. The molecule has 0 spiro atoms. The molecule has 7 nitrogen and oxygen atoms in total. The van der Waals surface area contributed by atoms with Crippen LogP contribution in [0.25, 0.3) is 10.7 Å². The number of rotatable bonds is 6. The minimum atomic E-state index is -0.491. The van der Waals surface area contributed by atoms with Gasteiger partial charge in [-0.1, -0.05) is 18.2 Å². The summed E-state index contributed by atoms with van der Waals surface area (Å²) >= 11 is 6.98. The number of carbonyl (C=O) groups is 1. The summed E-state index contributed by atoms with van der Waals surface area (Å²) in [5.74, 6) is 2.09. The van der Waals surface area contributed by atoms with Crippen molar-refractivity contribution in [2.75, 3.05) is 19.8 Å². The van der Waals surface area contributed by atoms with Crippen molar-refractivity contribution in [3.63, 3.8) is 0 Å². The van der Waals surface area contributed by atoms with Crippen LogP contribution in [-0.2, 0) is 11.3 Å². The van der Waals surface area contributed by atoms with Crippen LogP contribution < -0.4 is 9.47 Å². The number of ether oxygens (including phenoxy) is 2. The second-order valence-corrected chi connectivity index (χ2v) is 8.00. The van der Waals surface area contributed by atoms with Gasteiger partial charge in [0.2, 0.25) is 5.91 Å². The van der Waals surface area contributed by atoms with Crippen molar-refractivity contribution < 1.29 is 14.3 Å². The van der Waals surface area contributed by atoms with E-state index in [-0.39, 0.29) is 5.91 Å². The van der Waals surface area contributed by atoms with Crippen LogP contribution in [-0.4, -0.2) is 45.3 Å². The fraction of sp³-hybridized carbons (Fsp3) is 0.350. The van der Waals surface area contributed by atoms with Gasteiger partial charge in [0, 0.05) is 18.7 Å². The number of nitrogens with one attached hydrogen (secondary N) is 1. The van der Waals surface area contributed by atoms with Crippen LogP contribution in [0.15, 0.2) is 35.7 Å². The molecule has 0 bridgehead atoms. The quantitative estimate of drug-likeness (QED) is 0.598. The van der Waals surface area contributed by atoms with Crippen LogP contribution in [0.5, 0.6) is 11.5 Å². The minimum Gasteiger partial charge on any atom is -0.486 e. The molecular weight excluding hydrogens is 408 g/mol. The summed E-state index contributed by atoms with van der Waals surface area (Å²) in [6.07, 6.45) is 0. The Balaban J connectivity index is 1.61. The molecule has 9 heteroatoms. The zero-order valence-electron chi connectivity index (χ0n) is 16.3. The van der Waals surface area contributed by atoms with Gasteiger partial charge in [0.1, 0.15) is 19.3 Å². The fourth-order valence-corrected chi connectivity index (χ4v) is 4.43. The van der Waals surface area contributed by atoms with Gasteiger partial charge in [0.05, 0.1) is 4.88 Å². The number of amides is 1. The highest BCUT2D eigenvalue weighted by molar-refractivity contribution is 7.71. The predicted molar refractivity (Wildman–Crippen MR) is 114 cm³/mol. The highest BCUT2D eigenvalue weighted by Gasteiger charge is 2.26. The first-order chi connectivity index (χ1) is 14.1. The summed E-state index contributed by atoms with van der Waals surface area (Å²) in [5.41, 5.74) is 0.930. The monoisotopic (exact) mass is 430 g/mol. The zero-order chi connectivity index (χ0) is 20.4. The minimum absolute atomic E-state index is 0.0304. The number of nitrogens with zero attached hydrogens (tertiary/aromatic N) is 3. The number of fused-ring (bicyclic) bond motifs is 1. The molecule has 1 atom stereocenters. The van der Waals surface area contributed by atoms with Crippen LogP contribution in [0.1, 0.15) is 25.5 Å². The molecule has 2 aromatic heterocycles. The molecule has 0 saturated heterocycles. The summed E-state index contributed by atoms with van der Waals surface area (Å²) in [4.78, 5) is 16.1. The third-order valence-corrected chi connectivity index (χ3v) is 6.05. The summed E-state index contributed by atoms with van der Waals surface area (Å²) in [6, 6.07) is 9.20. The molecule has 152 valence electrons. The van der Waals surface area contributed by atoms with E-state index in [1.165, 1.54) is 0 Å². The van der Waals surface area contributed by atoms with Crippen LogP contribution in [0, 0.1) is 4.77 Å². The van der Waals surface area contributed by atoms with Crippen molar-refractivity contribution in [1.82, 2.24) is 19.7 Å². The maximum absolute atomic E-state index is 13.4. The van der Waals surface area contributed by atoms with Crippen molar-refractivity contribution in [1.29, 1.82) is 0 Å². The molecule has 3 aromatic rings. The molecule has 1 aliphatic heterocycles. The molecule has 1 aromatic carbocycles. The zero-order valence-corrected chi connectivity index (χ0v) is 17.9. The van der Waals surface area contributed by atoms with E-state index in [0.29, 0.717) is 36.9 Å². The van der Waals surface area contributed by atoms with E-state index in [1.807, 2.05) is 49.6 Å². The summed E-state index contributed by atoms with van der Waals surface area (Å²) < 4.78 is 13.7. The van der Waals surface area contributed by atoms with Gasteiger partial charge >= 0.3 is 0 Å². The Hall–Kier alpha value is -2.65. The lowest BCUT2D eigenvalue weighted by Gasteiger charge is -2.28. The Kier molecular flexibility index (Phi) is 5.68. The molecule has 4 rings (SSSR count). The maximum Gasteiger partial charge on any atom is 0.245 e. The van der Waals surface area contributed by atoms with Crippen LogP contribution in [0.2, 0.25) is 0 Å². The van der Waals surface area contributed by atoms with Crippen molar-refractivity contribution in [2.24, 2.45) is 0 Å². The van der Waals surface area contributed by atoms with E-state index in [4.69, 9.17) is 21.7 Å². The van der Waals surface area contributed by atoms with Gasteiger partial charge in [-0.25, -0.2) is 0 Å². The Morgan fingerprint density at radius 1 is 1.34 bits per heavy atom. The topological polar surface area (TPSA) is 72.4 Å². The first-order valence-corrected chi connectivity index (χ1v) is 10.8. The Bertz CT molecular complexity index is 1060. The number of H-pyrrole nitrogens is 1. The first-order valence-electron chi connectivity index (χ1n) is 9.47. The number of para-hydroxylation sites is 1. The number of hydrogen-bond acceptors (Lipinski definition) is 6. The fourth-order valence-electron chi connectivity index (χ4n) is 3.43. The normalized spacial score (nSPS) is 13.9. The standard InChI is InChI=1S/C20H22N4O3S2/c1-3-23(12-14-6-4-7-15-17(14)27-10-9-26-15)19(25)13(2)24-18(21-22-20(24)28)16-8-5-11-29-16/h4-8,11,13H,3,9-10,12H2,1-2H3,(H,22,28). The van der Waals surface area contributed by atoms with Gasteiger partial charge in [0.15, 0.2) is 22.1 Å². The lowest BCUT2D eigenvalue weighted by Crippen LogP contribution is -2.36. The Morgan fingerprint density at radius 2 is 2.17 bits per heavy atom. The SMILES string of the molecule is CCN(Cc1cccc2c1OCCO2)C(=O)C(C)n1c(-c2cccs2)n[nH]c1=S. The van der Waals surface area contributed by atoms with E-state index < -0.39 is 6.04 Å². The van der Waals surface area contributed by atoms with Gasteiger partial charge in [-0.2, -0.15) is 5.10 Å². The number of hydrogen-bond donors (Lipinski definition) is 1. The predicted octanol–water partition coefficient (Wildman–Crippen LogP) is 4.05. The molecule has 1 unspecified atom stereocenters. The van der Waals surface area contributed by atoms with E-state index in [9.17, 15) is 4.79 Å². The second kappa shape index (κ2) is 8.38. The number of thiophene rings is 1. The number of carbonyl (C=O) groups excluding carboxylic acids is 1. The lowest BCUT2D eigenvalue weighted by molar-refractivity contribution is -0.134. The second-order valence-electron chi connectivity index (χ2n) is 6.67. The van der Waals surface area contributed by atoms with E-state index in [2.05, 4.69) is 10.2 Å². The third-order valence-electron chi connectivity index (χ3n) is 4.89. The third kappa shape index (κ3) is 3.79. The smallest absolute Gasteiger partial charge is 0.245 e. The molecule has 29 heavy (non-hydrogen) atoms. The van der Waals surface area contributed by atoms with Crippen LogP contribution >= 0.6 is 23.6 Å². The molecular formula is C20H22N4O3S2. The number of aromatic amines is 1. The lowest BCUT2D eigenvalue weighted by atomic mass is 10.1. The van der Waals surface area contributed by atoms with E-state index in [0.717, 1.165) is 21.9 Å². The van der Waals surface area contributed by atoms with Crippen molar-refractivity contribution in [3.8, 4) is 22.2 Å². The molecule has 1 amide bonds. The molecule has 0 saturated carbocycles. The summed E-state index contributed by atoms with van der Waals surface area (Å²) in [6.45, 7) is 5.86. The molecule has 1 aliphatic rings. The first kappa shape index (κ1) is 19.7. The highest BCUT2D eigenvalue weighted by atomic mass is 32.1. The average molecular weight is 431 g/mol. The van der Waals surface area contributed by atoms with Gasteiger partial charge in [0.25, 0.3) is 0 Å². The molecule has 0 radical (unpaired) electrons. The van der Waals surface area contributed by atoms with Gasteiger partial charge in [-0.15, -0.1) is 11.3 Å². The van der Waals surface area contributed by atoms with Crippen molar-refractivity contribution in [2.45, 2.75) is 26.4 Å². The number of aromatic nitrogens is 3. The van der Waals surface area contributed by atoms with Crippen LogP contribution in [0.4, 0.5) is 0 Å². The van der Waals surface area contributed by atoms with Gasteiger partial charge in [-0.3, -0.25) is 14.5 Å². The van der Waals surface area contributed by atoms with E-state index >= 15 is 0 Å². The highest BCUT2D eigenvalue weighted by Crippen LogP contribution is 2.34. The Labute approximate surface area is 177 Å². The average Bonchev–Trinajstić information content (AvgIpc) is 3.40. The largest absolute Gasteiger partial charge is 0.486 e. The van der Waals surface area contributed by atoms with Gasteiger partial charge in [-0.05, 0) is 43.6 Å². The van der Waals surface area contributed by atoms with Gasteiger partial charge < -0.3 is 14.4 Å².